The summed E-state index contributed by atoms with van der Waals surface area (Å²) >= 11 is 6.44. The number of carbonyl (C=O) groups excluding carboxylic acids is 1. The molecule has 3 aromatic rings. The number of amides is 1. The van der Waals surface area contributed by atoms with Gasteiger partial charge in [0.2, 0.25) is 0 Å². The molecule has 0 fully saturated rings. The van der Waals surface area contributed by atoms with Crippen LogP contribution in [0.1, 0.15) is 20.8 Å². The highest BCUT2D eigenvalue weighted by atomic mass is 35.5. The fraction of sp³-hybridized carbons (Fsp3) is 0.235. The topological polar surface area (TPSA) is 79.9 Å². The predicted molar refractivity (Wildman–Crippen MR) is 94.2 cm³/mol. The summed E-state index contributed by atoms with van der Waals surface area (Å²) in [5, 5.41) is 10.9. The van der Waals surface area contributed by atoms with E-state index >= 15 is 0 Å². The maximum atomic E-state index is 11.7. The van der Waals surface area contributed by atoms with E-state index in [2.05, 4.69) is 20.5 Å². The number of anilines is 1. The average molecular weight is 345 g/mol. The van der Waals surface area contributed by atoms with Crippen LogP contribution in [0.5, 0.6) is 0 Å². The van der Waals surface area contributed by atoms with Gasteiger partial charge in [0.1, 0.15) is 11.4 Å². The van der Waals surface area contributed by atoms with Crippen LogP contribution in [-0.4, -0.2) is 26.9 Å². The van der Waals surface area contributed by atoms with Crippen LogP contribution in [0.3, 0.4) is 0 Å². The Morgan fingerprint density at radius 1 is 1.21 bits per heavy atom. The van der Waals surface area contributed by atoms with E-state index in [9.17, 15) is 4.79 Å². The van der Waals surface area contributed by atoms with Crippen molar-refractivity contribution >= 4 is 34.4 Å². The van der Waals surface area contributed by atoms with Gasteiger partial charge in [-0.3, -0.25) is 10.4 Å². The fourth-order valence-corrected chi connectivity index (χ4v) is 2.56. The lowest BCUT2D eigenvalue weighted by Crippen LogP contribution is -2.27. The molecule has 0 saturated heterocycles. The summed E-state index contributed by atoms with van der Waals surface area (Å²) in [6, 6.07) is 7.36. The summed E-state index contributed by atoms with van der Waals surface area (Å²) in [6.45, 7) is 5.41. The second-order valence-electron chi connectivity index (χ2n) is 6.32. The summed E-state index contributed by atoms with van der Waals surface area (Å²) in [6.07, 6.45) is 2.80. The lowest BCUT2D eigenvalue weighted by Gasteiger charge is -2.19. The molecule has 0 unspecified atom stereocenters. The minimum atomic E-state index is -0.558. The number of benzene rings is 1. The van der Waals surface area contributed by atoms with Crippen LogP contribution in [0.2, 0.25) is 5.02 Å². The Bertz CT molecular complexity index is 882. The number of pyridine rings is 1. The van der Waals surface area contributed by atoms with Gasteiger partial charge in [0.15, 0.2) is 0 Å². The Kier molecular flexibility index (Phi) is 4.15. The maximum Gasteiger partial charge on any atom is 0.413 e. The van der Waals surface area contributed by atoms with E-state index < -0.39 is 11.7 Å². The van der Waals surface area contributed by atoms with Gasteiger partial charge in [0.05, 0.1) is 16.7 Å². The molecule has 2 heterocycles. The van der Waals surface area contributed by atoms with Crippen molar-refractivity contribution in [3.05, 3.63) is 41.7 Å². The lowest BCUT2D eigenvalue weighted by atomic mass is 10.1. The van der Waals surface area contributed by atoms with Gasteiger partial charge in [-0.25, -0.2) is 9.78 Å². The van der Waals surface area contributed by atoms with E-state index in [1.54, 1.807) is 39.2 Å². The van der Waals surface area contributed by atoms with E-state index in [4.69, 9.17) is 16.3 Å². The van der Waals surface area contributed by atoms with Crippen LogP contribution in [0.25, 0.3) is 22.0 Å². The van der Waals surface area contributed by atoms with Crippen molar-refractivity contribution in [2.45, 2.75) is 26.4 Å². The predicted octanol–water partition coefficient (Wildman–Crippen LogP) is 4.63. The molecule has 0 atom stereocenters. The van der Waals surface area contributed by atoms with Gasteiger partial charge >= 0.3 is 6.09 Å². The third kappa shape index (κ3) is 3.49. The molecule has 24 heavy (non-hydrogen) atoms. The van der Waals surface area contributed by atoms with Crippen molar-refractivity contribution in [3.63, 3.8) is 0 Å². The number of nitrogens with zero attached hydrogens (tertiary/aromatic N) is 2. The highest BCUT2D eigenvalue weighted by molar-refractivity contribution is 6.38. The standard InChI is InChI=1S/C17H17ClN4O2/c1-17(2,3)24-16(23)21-14-7-4-10(8-19-14)11-5-6-13-12(15(11)18)9-20-22-13/h4-9H,1-3H3,(H,20,22)(H,19,21,23). The summed E-state index contributed by atoms with van der Waals surface area (Å²) in [7, 11) is 0. The average Bonchev–Trinajstić information content (AvgIpc) is 2.96. The van der Waals surface area contributed by atoms with E-state index in [1.165, 1.54) is 0 Å². The van der Waals surface area contributed by atoms with Gasteiger partial charge < -0.3 is 4.74 Å². The van der Waals surface area contributed by atoms with Crippen molar-refractivity contribution in [1.29, 1.82) is 0 Å². The van der Waals surface area contributed by atoms with Crippen molar-refractivity contribution in [1.82, 2.24) is 15.2 Å². The monoisotopic (exact) mass is 344 g/mol. The number of ether oxygens (including phenoxy) is 1. The van der Waals surface area contributed by atoms with Crippen LogP contribution >= 0.6 is 11.6 Å². The first kappa shape index (κ1) is 16.3. The van der Waals surface area contributed by atoms with E-state index in [-0.39, 0.29) is 0 Å². The van der Waals surface area contributed by atoms with Crippen molar-refractivity contribution in [2.24, 2.45) is 0 Å². The summed E-state index contributed by atoms with van der Waals surface area (Å²) < 4.78 is 5.19. The molecule has 6 nitrogen and oxygen atoms in total. The van der Waals surface area contributed by atoms with Crippen molar-refractivity contribution in [3.8, 4) is 11.1 Å². The number of carbonyl (C=O) groups is 1. The quantitative estimate of drug-likeness (QED) is 0.710. The smallest absolute Gasteiger partial charge is 0.413 e. The molecule has 0 bridgehead atoms. The maximum absolute atomic E-state index is 11.7. The highest BCUT2D eigenvalue weighted by Crippen LogP contribution is 2.33. The van der Waals surface area contributed by atoms with E-state index in [0.29, 0.717) is 10.8 Å². The molecule has 3 rings (SSSR count). The van der Waals surface area contributed by atoms with Crippen LogP contribution in [0.15, 0.2) is 36.7 Å². The molecule has 2 N–H and O–H groups in total. The molecule has 0 spiro atoms. The van der Waals surface area contributed by atoms with E-state index in [0.717, 1.165) is 22.0 Å². The Morgan fingerprint density at radius 3 is 2.67 bits per heavy atom. The van der Waals surface area contributed by atoms with Crippen LogP contribution in [-0.2, 0) is 4.74 Å². The Morgan fingerprint density at radius 2 is 2.00 bits per heavy atom. The van der Waals surface area contributed by atoms with Gasteiger partial charge in [-0.1, -0.05) is 17.7 Å². The first-order valence-corrected chi connectivity index (χ1v) is 7.79. The number of hydrogen-bond acceptors (Lipinski definition) is 4. The largest absolute Gasteiger partial charge is 0.444 e. The lowest BCUT2D eigenvalue weighted by molar-refractivity contribution is 0.0635. The van der Waals surface area contributed by atoms with Crippen LogP contribution in [0.4, 0.5) is 10.6 Å². The minimum Gasteiger partial charge on any atom is -0.444 e. The molecule has 0 aliphatic heterocycles. The second kappa shape index (κ2) is 6.13. The molecule has 2 aromatic heterocycles. The number of nitrogens with one attached hydrogen (secondary N) is 2. The SMILES string of the molecule is CC(C)(C)OC(=O)Nc1ccc(-c2ccc3[nH]ncc3c2Cl)cn1. The summed E-state index contributed by atoms with van der Waals surface area (Å²) in [4.78, 5) is 16.0. The number of halogens is 1. The zero-order valence-corrected chi connectivity index (χ0v) is 14.3. The van der Waals surface area contributed by atoms with E-state index in [1.807, 2.05) is 18.2 Å². The molecule has 0 radical (unpaired) electrons. The van der Waals surface area contributed by atoms with Gasteiger partial charge in [0.25, 0.3) is 0 Å². The third-order valence-corrected chi connectivity index (χ3v) is 3.67. The Labute approximate surface area is 144 Å². The minimum absolute atomic E-state index is 0.411. The van der Waals surface area contributed by atoms with Gasteiger partial charge in [0, 0.05) is 22.7 Å². The summed E-state index contributed by atoms with van der Waals surface area (Å²) in [5.41, 5.74) is 2.01. The molecule has 0 saturated carbocycles. The molecule has 7 heteroatoms. The Balaban J connectivity index is 1.81. The molecule has 0 aliphatic rings. The Hall–Kier alpha value is -2.60. The number of aromatic amines is 1. The van der Waals surface area contributed by atoms with Gasteiger partial charge in [-0.2, -0.15) is 5.10 Å². The summed E-state index contributed by atoms with van der Waals surface area (Å²) in [5.74, 6) is 0.411. The van der Waals surface area contributed by atoms with Gasteiger partial charge in [-0.05, 0) is 39.0 Å². The molecule has 1 aromatic carbocycles. The number of aromatic nitrogens is 3. The number of H-pyrrole nitrogens is 1. The van der Waals surface area contributed by atoms with Gasteiger partial charge in [-0.15, -0.1) is 0 Å². The molecule has 0 aliphatic carbocycles. The molecular formula is C17H17ClN4O2. The fourth-order valence-electron chi connectivity index (χ4n) is 2.24. The zero-order valence-electron chi connectivity index (χ0n) is 13.6. The normalized spacial score (nSPS) is 11.5. The molecule has 124 valence electrons. The zero-order chi connectivity index (χ0) is 17.3. The second-order valence-corrected chi connectivity index (χ2v) is 6.70. The first-order valence-electron chi connectivity index (χ1n) is 7.41. The van der Waals surface area contributed by atoms with Crippen molar-refractivity contribution < 1.29 is 9.53 Å². The molecule has 1 amide bonds. The number of hydrogen-bond donors (Lipinski definition) is 2. The van der Waals surface area contributed by atoms with Crippen LogP contribution < -0.4 is 5.32 Å². The molecular weight excluding hydrogens is 328 g/mol. The first-order chi connectivity index (χ1) is 11.3. The highest BCUT2D eigenvalue weighted by Gasteiger charge is 2.16. The number of fused-ring (bicyclic) bond motifs is 1. The number of rotatable bonds is 2. The third-order valence-electron chi connectivity index (χ3n) is 3.26. The van der Waals surface area contributed by atoms with Crippen LogP contribution in [0, 0.1) is 0 Å². The van der Waals surface area contributed by atoms with Crippen molar-refractivity contribution in [2.75, 3.05) is 5.32 Å².